The first-order chi connectivity index (χ1) is 14.7. The monoisotopic (exact) mass is 413 g/mol. The number of fused-ring (bicyclic) bond motifs is 1. The van der Waals surface area contributed by atoms with E-state index in [4.69, 9.17) is 16.6 Å². The number of nitriles is 1. The predicted molar refractivity (Wildman–Crippen MR) is 124 cm³/mol. The maximum absolute atomic E-state index is 9.39. The molecule has 0 amide bonds. The topological polar surface area (TPSA) is 41.6 Å². The van der Waals surface area contributed by atoms with Crippen LogP contribution in [0.4, 0.5) is 0 Å². The van der Waals surface area contributed by atoms with Crippen molar-refractivity contribution in [1.29, 1.82) is 5.26 Å². The van der Waals surface area contributed by atoms with Crippen LogP contribution in [0.2, 0.25) is 0 Å². The average molecular weight is 414 g/mol. The van der Waals surface area contributed by atoms with Gasteiger partial charge in [-0.15, -0.1) is 11.6 Å². The number of rotatable bonds is 7. The highest BCUT2D eigenvalue weighted by atomic mass is 35.5. The molecule has 0 unspecified atom stereocenters. The molecule has 30 heavy (non-hydrogen) atoms. The Bertz CT molecular complexity index is 1200. The Morgan fingerprint density at radius 3 is 2.53 bits per heavy atom. The van der Waals surface area contributed by atoms with E-state index in [0.29, 0.717) is 11.4 Å². The SMILES string of the molecule is CCCCc1nc2cccc(CCl)c2n1Cc1ccc(-c2ccccc2C#N)cc1. The fourth-order valence-electron chi connectivity index (χ4n) is 3.92. The van der Waals surface area contributed by atoms with E-state index in [0.717, 1.165) is 59.4 Å². The molecule has 4 aromatic rings. The van der Waals surface area contributed by atoms with E-state index in [1.54, 1.807) is 0 Å². The van der Waals surface area contributed by atoms with Gasteiger partial charge in [0.2, 0.25) is 0 Å². The van der Waals surface area contributed by atoms with Crippen molar-refractivity contribution >= 4 is 22.6 Å². The third kappa shape index (κ3) is 3.97. The number of aryl methyl sites for hydroxylation is 1. The molecule has 3 aromatic carbocycles. The van der Waals surface area contributed by atoms with Gasteiger partial charge in [0.15, 0.2) is 0 Å². The van der Waals surface area contributed by atoms with Crippen LogP contribution >= 0.6 is 11.6 Å². The Hall–Kier alpha value is -3.09. The maximum Gasteiger partial charge on any atom is 0.110 e. The van der Waals surface area contributed by atoms with Gasteiger partial charge in [0.25, 0.3) is 0 Å². The quantitative estimate of drug-likeness (QED) is 0.316. The van der Waals surface area contributed by atoms with Crippen molar-refractivity contribution in [3.63, 3.8) is 0 Å². The Balaban J connectivity index is 1.71. The summed E-state index contributed by atoms with van der Waals surface area (Å²) in [4.78, 5) is 4.91. The highest BCUT2D eigenvalue weighted by Crippen LogP contribution is 2.26. The molecule has 3 nitrogen and oxygen atoms in total. The van der Waals surface area contributed by atoms with E-state index in [1.807, 2.05) is 30.3 Å². The van der Waals surface area contributed by atoms with E-state index in [2.05, 4.69) is 54.0 Å². The summed E-state index contributed by atoms with van der Waals surface area (Å²) in [6.07, 6.45) is 3.21. The van der Waals surface area contributed by atoms with Crippen LogP contribution < -0.4 is 0 Å². The zero-order chi connectivity index (χ0) is 20.9. The van der Waals surface area contributed by atoms with Crippen LogP contribution in [0, 0.1) is 11.3 Å². The summed E-state index contributed by atoms with van der Waals surface area (Å²) in [5.41, 5.74) is 7.18. The lowest BCUT2D eigenvalue weighted by molar-refractivity contribution is 0.689. The summed E-state index contributed by atoms with van der Waals surface area (Å²) in [7, 11) is 0. The largest absolute Gasteiger partial charge is 0.323 e. The second-order valence-corrected chi connectivity index (χ2v) is 7.76. The van der Waals surface area contributed by atoms with Crippen LogP contribution in [0.25, 0.3) is 22.2 Å². The van der Waals surface area contributed by atoms with Crippen LogP contribution in [0.3, 0.4) is 0 Å². The molecule has 1 heterocycles. The van der Waals surface area contributed by atoms with E-state index in [-0.39, 0.29) is 0 Å². The number of para-hydroxylation sites is 1. The highest BCUT2D eigenvalue weighted by molar-refractivity contribution is 6.17. The average Bonchev–Trinajstić information content (AvgIpc) is 3.15. The molecule has 0 spiro atoms. The van der Waals surface area contributed by atoms with E-state index in [9.17, 15) is 5.26 Å². The molecule has 0 aliphatic carbocycles. The minimum atomic E-state index is 0.472. The number of imidazole rings is 1. The lowest BCUT2D eigenvalue weighted by atomic mass is 9.99. The van der Waals surface area contributed by atoms with Crippen LogP contribution in [0.1, 0.15) is 42.3 Å². The predicted octanol–water partition coefficient (Wildman–Crippen LogP) is 6.70. The molecule has 0 bridgehead atoms. The lowest BCUT2D eigenvalue weighted by Gasteiger charge is -2.12. The molecule has 0 aliphatic heterocycles. The van der Waals surface area contributed by atoms with E-state index < -0.39 is 0 Å². The van der Waals surface area contributed by atoms with Crippen molar-refractivity contribution in [1.82, 2.24) is 9.55 Å². The molecular weight excluding hydrogens is 390 g/mol. The third-order valence-corrected chi connectivity index (χ3v) is 5.77. The van der Waals surface area contributed by atoms with Crippen molar-refractivity contribution in [2.24, 2.45) is 0 Å². The van der Waals surface area contributed by atoms with Gasteiger partial charge in [0.05, 0.1) is 22.7 Å². The summed E-state index contributed by atoms with van der Waals surface area (Å²) in [5, 5.41) is 9.39. The van der Waals surface area contributed by atoms with Crippen molar-refractivity contribution < 1.29 is 0 Å². The summed E-state index contributed by atoms with van der Waals surface area (Å²) in [6.45, 7) is 2.96. The molecule has 0 saturated heterocycles. The number of hydrogen-bond donors (Lipinski definition) is 0. The first-order valence-electron chi connectivity index (χ1n) is 10.4. The minimum absolute atomic E-state index is 0.472. The number of alkyl halides is 1. The molecule has 0 fully saturated rings. The van der Waals surface area contributed by atoms with Crippen LogP contribution in [-0.4, -0.2) is 9.55 Å². The molecular formula is C26H24ClN3. The Kier molecular flexibility index (Phi) is 6.16. The lowest BCUT2D eigenvalue weighted by Crippen LogP contribution is -2.06. The Labute approximate surface area is 182 Å². The number of hydrogen-bond acceptors (Lipinski definition) is 2. The van der Waals surface area contributed by atoms with Crippen molar-refractivity contribution in [2.45, 2.75) is 38.6 Å². The van der Waals surface area contributed by atoms with Crippen LogP contribution in [-0.2, 0) is 18.8 Å². The minimum Gasteiger partial charge on any atom is -0.323 e. The molecule has 1 aromatic heterocycles. The molecule has 4 heteroatoms. The first-order valence-corrected chi connectivity index (χ1v) is 10.9. The molecule has 0 radical (unpaired) electrons. The van der Waals surface area contributed by atoms with Crippen LogP contribution in [0.5, 0.6) is 0 Å². The number of unbranched alkanes of at least 4 members (excludes halogenated alkanes) is 1. The number of aromatic nitrogens is 2. The van der Waals surface area contributed by atoms with Gasteiger partial charge in [0, 0.05) is 18.8 Å². The zero-order valence-corrected chi connectivity index (χ0v) is 17.9. The first kappa shape index (κ1) is 20.2. The standard InChI is InChI=1S/C26H24ClN3/c1-2-3-11-25-29-24-10-6-8-21(16-27)26(24)30(25)18-19-12-14-20(15-13-19)23-9-5-4-7-22(23)17-28/h4-10,12-15H,2-3,11,16,18H2,1H3. The van der Waals surface area contributed by atoms with Gasteiger partial charge in [-0.05, 0) is 40.8 Å². The molecule has 0 N–H and O–H groups in total. The Morgan fingerprint density at radius 2 is 1.80 bits per heavy atom. The molecule has 0 aliphatic rings. The summed E-state index contributed by atoms with van der Waals surface area (Å²) >= 11 is 6.24. The van der Waals surface area contributed by atoms with Crippen molar-refractivity contribution in [3.05, 3.63) is 89.2 Å². The van der Waals surface area contributed by atoms with Crippen LogP contribution in [0.15, 0.2) is 66.7 Å². The smallest absolute Gasteiger partial charge is 0.110 e. The second kappa shape index (κ2) is 9.15. The van der Waals surface area contributed by atoms with Gasteiger partial charge in [-0.2, -0.15) is 5.26 Å². The third-order valence-electron chi connectivity index (χ3n) is 5.48. The van der Waals surface area contributed by atoms with Gasteiger partial charge in [-0.25, -0.2) is 4.98 Å². The number of benzene rings is 3. The normalized spacial score (nSPS) is 11.0. The second-order valence-electron chi connectivity index (χ2n) is 7.49. The summed E-state index contributed by atoms with van der Waals surface area (Å²) < 4.78 is 2.32. The van der Waals surface area contributed by atoms with Gasteiger partial charge >= 0.3 is 0 Å². The number of halogens is 1. The molecule has 4 rings (SSSR count). The van der Waals surface area contributed by atoms with Crippen molar-refractivity contribution in [3.8, 4) is 17.2 Å². The number of nitrogens with zero attached hydrogens (tertiary/aromatic N) is 3. The molecule has 0 saturated carbocycles. The fraction of sp³-hybridized carbons (Fsp3) is 0.231. The fourth-order valence-corrected chi connectivity index (χ4v) is 4.13. The highest BCUT2D eigenvalue weighted by Gasteiger charge is 2.14. The van der Waals surface area contributed by atoms with Gasteiger partial charge < -0.3 is 4.57 Å². The van der Waals surface area contributed by atoms with E-state index >= 15 is 0 Å². The molecule has 0 atom stereocenters. The van der Waals surface area contributed by atoms with Gasteiger partial charge in [0.1, 0.15) is 5.82 Å². The summed E-state index contributed by atoms with van der Waals surface area (Å²) in [6, 6.07) is 24.6. The zero-order valence-electron chi connectivity index (χ0n) is 17.1. The van der Waals surface area contributed by atoms with Gasteiger partial charge in [-0.1, -0.05) is 67.9 Å². The maximum atomic E-state index is 9.39. The summed E-state index contributed by atoms with van der Waals surface area (Å²) in [5.74, 6) is 1.59. The van der Waals surface area contributed by atoms with E-state index in [1.165, 1.54) is 5.56 Å². The van der Waals surface area contributed by atoms with Crippen molar-refractivity contribution in [2.75, 3.05) is 0 Å². The van der Waals surface area contributed by atoms with Gasteiger partial charge in [-0.3, -0.25) is 0 Å². The Morgan fingerprint density at radius 1 is 1.00 bits per heavy atom. The molecule has 150 valence electrons.